The van der Waals surface area contributed by atoms with Crippen LogP contribution in [0.3, 0.4) is 0 Å². The third kappa shape index (κ3) is 2.69. The van der Waals surface area contributed by atoms with Crippen LogP contribution in [-0.2, 0) is 5.41 Å². The van der Waals surface area contributed by atoms with Crippen molar-refractivity contribution >= 4 is 6.03 Å². The molecule has 2 atom stereocenters. The van der Waals surface area contributed by atoms with Crippen LogP contribution in [-0.4, -0.2) is 19.1 Å². The highest BCUT2D eigenvalue weighted by Gasteiger charge is 2.53. The van der Waals surface area contributed by atoms with E-state index in [0.717, 1.165) is 12.5 Å². The Labute approximate surface area is 111 Å². The van der Waals surface area contributed by atoms with Crippen molar-refractivity contribution in [3.63, 3.8) is 0 Å². The predicted molar refractivity (Wildman–Crippen MR) is 68.9 cm³/mol. The summed E-state index contributed by atoms with van der Waals surface area (Å²) in [6.45, 7) is 4.73. The Bertz CT molecular complexity index is 492. The van der Waals surface area contributed by atoms with Crippen molar-refractivity contribution in [1.82, 2.24) is 10.6 Å². The van der Waals surface area contributed by atoms with Crippen LogP contribution in [0.5, 0.6) is 0 Å². The van der Waals surface area contributed by atoms with Crippen LogP contribution in [0.2, 0.25) is 0 Å². The predicted octanol–water partition coefficient (Wildman–Crippen LogP) is 2.56. The molecular weight excluding hydrogens is 250 g/mol. The molecule has 2 N–H and O–H groups in total. The van der Waals surface area contributed by atoms with Crippen molar-refractivity contribution in [2.75, 3.05) is 13.1 Å². The lowest BCUT2D eigenvalue weighted by atomic mass is 9.93. The number of carbonyl (C=O) groups is 1. The fourth-order valence-corrected chi connectivity index (χ4v) is 2.56. The number of amides is 2. The molecule has 1 aromatic carbocycles. The lowest BCUT2D eigenvalue weighted by Gasteiger charge is -2.19. The molecule has 1 aliphatic rings. The first-order valence-electron chi connectivity index (χ1n) is 6.47. The molecule has 5 heteroatoms. The van der Waals surface area contributed by atoms with E-state index in [0.29, 0.717) is 18.7 Å². The molecule has 2 rings (SSSR count). The van der Waals surface area contributed by atoms with Gasteiger partial charge in [-0.25, -0.2) is 13.6 Å². The molecule has 0 spiro atoms. The van der Waals surface area contributed by atoms with Gasteiger partial charge in [0, 0.05) is 24.6 Å². The summed E-state index contributed by atoms with van der Waals surface area (Å²) in [5, 5.41) is 5.38. The zero-order valence-electron chi connectivity index (χ0n) is 11.1. The van der Waals surface area contributed by atoms with Gasteiger partial charge < -0.3 is 10.6 Å². The van der Waals surface area contributed by atoms with Crippen molar-refractivity contribution in [1.29, 1.82) is 0 Å². The Kier molecular flexibility index (Phi) is 3.73. The summed E-state index contributed by atoms with van der Waals surface area (Å²) in [6, 6.07) is 3.38. The Morgan fingerprint density at radius 3 is 2.63 bits per heavy atom. The zero-order chi connectivity index (χ0) is 14.0. The van der Waals surface area contributed by atoms with E-state index in [1.54, 1.807) is 0 Å². The van der Waals surface area contributed by atoms with Crippen molar-refractivity contribution in [2.24, 2.45) is 5.92 Å². The molecule has 2 unspecified atom stereocenters. The second-order valence-corrected chi connectivity index (χ2v) is 5.10. The monoisotopic (exact) mass is 268 g/mol. The van der Waals surface area contributed by atoms with Crippen LogP contribution in [0.4, 0.5) is 13.6 Å². The summed E-state index contributed by atoms with van der Waals surface area (Å²) in [5.41, 5.74) is 0.0845. The zero-order valence-corrected chi connectivity index (χ0v) is 11.1. The van der Waals surface area contributed by atoms with Gasteiger partial charge in [0.2, 0.25) is 0 Å². The van der Waals surface area contributed by atoms with Gasteiger partial charge in [-0.15, -0.1) is 0 Å². The standard InChI is InChI=1S/C14H18F2N2O/c1-3-17-13(19)18-8-14(7-9(14)2)11-5-4-10(15)6-12(11)16/h4-6,9H,3,7-8H2,1-2H3,(H2,17,18,19). The minimum Gasteiger partial charge on any atom is -0.338 e. The number of nitrogens with one attached hydrogen (secondary N) is 2. The quantitative estimate of drug-likeness (QED) is 0.865. The molecule has 19 heavy (non-hydrogen) atoms. The lowest BCUT2D eigenvalue weighted by molar-refractivity contribution is 0.240. The molecule has 2 amide bonds. The van der Waals surface area contributed by atoms with Gasteiger partial charge in [-0.1, -0.05) is 13.0 Å². The van der Waals surface area contributed by atoms with Gasteiger partial charge in [0.1, 0.15) is 11.6 Å². The van der Waals surface area contributed by atoms with Crippen LogP contribution >= 0.6 is 0 Å². The number of rotatable bonds is 4. The first-order chi connectivity index (χ1) is 8.99. The van der Waals surface area contributed by atoms with Gasteiger partial charge in [0.05, 0.1) is 0 Å². The van der Waals surface area contributed by atoms with Crippen molar-refractivity contribution in [3.05, 3.63) is 35.4 Å². The third-order valence-electron chi connectivity index (χ3n) is 3.82. The minimum absolute atomic E-state index is 0.261. The van der Waals surface area contributed by atoms with E-state index < -0.39 is 17.0 Å². The molecule has 3 nitrogen and oxygen atoms in total. The molecule has 0 radical (unpaired) electrons. The summed E-state index contributed by atoms with van der Waals surface area (Å²) in [6.07, 6.45) is 0.794. The lowest BCUT2D eigenvalue weighted by Crippen LogP contribution is -2.40. The molecule has 0 heterocycles. The Balaban J connectivity index is 2.13. The maximum absolute atomic E-state index is 13.9. The first kappa shape index (κ1) is 13.8. The topological polar surface area (TPSA) is 41.1 Å². The van der Waals surface area contributed by atoms with Gasteiger partial charge in [0.25, 0.3) is 0 Å². The first-order valence-corrected chi connectivity index (χ1v) is 6.47. The number of carbonyl (C=O) groups excluding carboxylic acids is 1. The highest BCUT2D eigenvalue weighted by molar-refractivity contribution is 5.74. The summed E-state index contributed by atoms with van der Waals surface area (Å²) in [7, 11) is 0. The highest BCUT2D eigenvalue weighted by Crippen LogP contribution is 2.54. The molecule has 0 saturated heterocycles. The minimum atomic E-state index is -0.582. The fourth-order valence-electron chi connectivity index (χ4n) is 2.56. The highest BCUT2D eigenvalue weighted by atomic mass is 19.1. The van der Waals surface area contributed by atoms with E-state index in [1.807, 2.05) is 13.8 Å². The van der Waals surface area contributed by atoms with E-state index >= 15 is 0 Å². The van der Waals surface area contributed by atoms with Crippen molar-refractivity contribution < 1.29 is 13.6 Å². The second kappa shape index (κ2) is 5.15. The van der Waals surface area contributed by atoms with E-state index in [-0.39, 0.29) is 11.9 Å². The molecule has 0 aliphatic heterocycles. The van der Waals surface area contributed by atoms with Gasteiger partial charge in [0.15, 0.2) is 0 Å². The fraction of sp³-hybridized carbons (Fsp3) is 0.500. The van der Waals surface area contributed by atoms with Crippen LogP contribution in [0, 0.1) is 17.6 Å². The molecule has 1 aliphatic carbocycles. The maximum atomic E-state index is 13.9. The number of urea groups is 1. The summed E-state index contributed by atoms with van der Waals surface area (Å²) >= 11 is 0. The Hall–Kier alpha value is -1.65. The van der Waals surface area contributed by atoms with Crippen LogP contribution in [0.25, 0.3) is 0 Å². The van der Waals surface area contributed by atoms with Crippen molar-refractivity contribution in [3.8, 4) is 0 Å². The van der Waals surface area contributed by atoms with E-state index in [2.05, 4.69) is 10.6 Å². The van der Waals surface area contributed by atoms with E-state index in [1.165, 1.54) is 12.1 Å². The number of benzene rings is 1. The summed E-state index contributed by atoms with van der Waals surface area (Å²) in [5.74, 6) is -0.849. The van der Waals surface area contributed by atoms with Crippen molar-refractivity contribution in [2.45, 2.75) is 25.7 Å². The molecule has 0 bridgehead atoms. The molecular formula is C14H18F2N2O. The molecule has 0 aromatic heterocycles. The molecule has 1 aromatic rings. The number of hydrogen-bond donors (Lipinski definition) is 2. The average molecular weight is 268 g/mol. The smallest absolute Gasteiger partial charge is 0.314 e. The normalized spacial score (nSPS) is 24.9. The SMILES string of the molecule is CCNC(=O)NCC1(c2ccc(F)cc2F)CC1C. The van der Waals surface area contributed by atoms with Gasteiger partial charge in [-0.05, 0) is 30.9 Å². The average Bonchev–Trinajstić information content (AvgIpc) is 2.99. The molecule has 1 saturated carbocycles. The van der Waals surface area contributed by atoms with Gasteiger partial charge in [-0.3, -0.25) is 0 Å². The van der Waals surface area contributed by atoms with Gasteiger partial charge in [-0.2, -0.15) is 0 Å². The van der Waals surface area contributed by atoms with Crippen LogP contribution in [0.1, 0.15) is 25.8 Å². The number of halogens is 2. The maximum Gasteiger partial charge on any atom is 0.314 e. The Morgan fingerprint density at radius 2 is 2.11 bits per heavy atom. The summed E-state index contributed by atoms with van der Waals surface area (Å²) < 4.78 is 26.8. The molecule has 1 fully saturated rings. The van der Waals surface area contributed by atoms with E-state index in [4.69, 9.17) is 0 Å². The largest absolute Gasteiger partial charge is 0.338 e. The number of hydrogen-bond acceptors (Lipinski definition) is 1. The van der Waals surface area contributed by atoms with Gasteiger partial charge >= 0.3 is 6.03 Å². The van der Waals surface area contributed by atoms with E-state index in [9.17, 15) is 13.6 Å². The Morgan fingerprint density at radius 1 is 1.42 bits per heavy atom. The summed E-state index contributed by atoms with van der Waals surface area (Å²) in [4.78, 5) is 11.4. The molecule has 104 valence electrons. The van der Waals surface area contributed by atoms with Crippen LogP contribution < -0.4 is 10.6 Å². The van der Waals surface area contributed by atoms with Crippen LogP contribution in [0.15, 0.2) is 18.2 Å². The second-order valence-electron chi connectivity index (χ2n) is 5.10. The third-order valence-corrected chi connectivity index (χ3v) is 3.82.